The minimum atomic E-state index is -0.670. The second kappa shape index (κ2) is 9.36. The third-order valence-corrected chi connectivity index (χ3v) is 3.66. The number of carbonyl (C=O) groups is 1. The van der Waals surface area contributed by atoms with E-state index in [-0.39, 0.29) is 13.2 Å². The molecule has 0 aliphatic carbocycles. The fourth-order valence-electron chi connectivity index (χ4n) is 2.42. The average Bonchev–Trinajstić information content (AvgIpc) is 2.61. The molecule has 2 aromatic carbocycles. The number of rotatable bonds is 8. The summed E-state index contributed by atoms with van der Waals surface area (Å²) in [5.74, 6) is 0. The van der Waals surface area contributed by atoms with Gasteiger partial charge >= 0.3 is 6.16 Å². The third kappa shape index (κ3) is 5.13. The van der Waals surface area contributed by atoms with E-state index in [2.05, 4.69) is 13.2 Å². The Morgan fingerprint density at radius 1 is 0.750 bits per heavy atom. The van der Waals surface area contributed by atoms with Crippen molar-refractivity contribution in [2.45, 2.75) is 26.1 Å². The maximum absolute atomic E-state index is 11.8. The van der Waals surface area contributed by atoms with Crippen LogP contribution in [0.25, 0.3) is 0 Å². The maximum Gasteiger partial charge on any atom is 0.508 e. The van der Waals surface area contributed by atoms with Gasteiger partial charge in [-0.25, -0.2) is 4.79 Å². The molecule has 0 aliphatic rings. The molecule has 124 valence electrons. The molecule has 0 unspecified atom stereocenters. The molecule has 0 atom stereocenters. The second-order valence-electron chi connectivity index (χ2n) is 5.35. The molecule has 0 heterocycles. The van der Waals surface area contributed by atoms with Gasteiger partial charge in [-0.2, -0.15) is 0 Å². The van der Waals surface area contributed by atoms with Crippen LogP contribution in [0.2, 0.25) is 0 Å². The zero-order chi connectivity index (χ0) is 17.2. The van der Waals surface area contributed by atoms with E-state index >= 15 is 0 Å². The molecule has 3 nitrogen and oxygen atoms in total. The topological polar surface area (TPSA) is 35.5 Å². The fraction of sp³-hybridized carbons (Fsp3) is 0.190. The van der Waals surface area contributed by atoms with Crippen LogP contribution in [0.4, 0.5) is 4.79 Å². The van der Waals surface area contributed by atoms with Crippen LogP contribution in [0.5, 0.6) is 0 Å². The number of ether oxygens (including phenoxy) is 2. The van der Waals surface area contributed by atoms with Gasteiger partial charge in [0.1, 0.15) is 13.2 Å². The van der Waals surface area contributed by atoms with Crippen LogP contribution in [0.3, 0.4) is 0 Å². The van der Waals surface area contributed by atoms with E-state index in [1.165, 1.54) is 0 Å². The predicted octanol–water partition coefficient (Wildman–Crippen LogP) is 5.00. The van der Waals surface area contributed by atoms with Gasteiger partial charge in [-0.1, -0.05) is 60.7 Å². The molecule has 24 heavy (non-hydrogen) atoms. The van der Waals surface area contributed by atoms with E-state index in [1.807, 2.05) is 60.7 Å². The first-order valence-electron chi connectivity index (χ1n) is 7.89. The Morgan fingerprint density at radius 2 is 1.12 bits per heavy atom. The molecule has 2 rings (SSSR count). The van der Waals surface area contributed by atoms with Crippen molar-refractivity contribution in [1.82, 2.24) is 0 Å². The van der Waals surface area contributed by atoms with Gasteiger partial charge < -0.3 is 9.47 Å². The van der Waals surface area contributed by atoms with Crippen molar-refractivity contribution < 1.29 is 14.3 Å². The van der Waals surface area contributed by atoms with Gasteiger partial charge in [-0.05, 0) is 35.1 Å². The summed E-state index contributed by atoms with van der Waals surface area (Å²) >= 11 is 0. The Labute approximate surface area is 143 Å². The Morgan fingerprint density at radius 3 is 1.50 bits per heavy atom. The highest BCUT2D eigenvalue weighted by Crippen LogP contribution is 2.14. The molecule has 0 aliphatic heterocycles. The van der Waals surface area contributed by atoms with Gasteiger partial charge in [-0.15, -0.1) is 13.2 Å². The van der Waals surface area contributed by atoms with Crippen LogP contribution in [-0.4, -0.2) is 6.16 Å². The summed E-state index contributed by atoms with van der Waals surface area (Å²) < 4.78 is 10.4. The van der Waals surface area contributed by atoms with E-state index in [1.54, 1.807) is 0 Å². The van der Waals surface area contributed by atoms with Gasteiger partial charge in [0.05, 0.1) is 0 Å². The van der Waals surface area contributed by atoms with Crippen LogP contribution in [0.15, 0.2) is 73.8 Å². The molecular formula is C21H22O3. The van der Waals surface area contributed by atoms with Crippen LogP contribution in [-0.2, 0) is 35.5 Å². The van der Waals surface area contributed by atoms with Gasteiger partial charge in [0.2, 0.25) is 0 Å². The summed E-state index contributed by atoms with van der Waals surface area (Å²) in [6.07, 6.45) is 4.46. The lowest BCUT2D eigenvalue weighted by atomic mass is 10.1. The standard InChI is InChI=1S/C21H22O3/c1-3-9-17-11-5-7-13-19(17)15-23-21(22)24-16-20-14-8-6-12-18(20)10-4-2/h3-8,11-14H,1-2,9-10,15-16H2. The molecular weight excluding hydrogens is 300 g/mol. The van der Waals surface area contributed by atoms with Crippen molar-refractivity contribution >= 4 is 6.16 Å². The van der Waals surface area contributed by atoms with Crippen molar-refractivity contribution in [1.29, 1.82) is 0 Å². The lowest BCUT2D eigenvalue weighted by molar-refractivity contribution is 0.0444. The smallest absolute Gasteiger partial charge is 0.429 e. The molecule has 0 radical (unpaired) electrons. The molecule has 2 aromatic rings. The summed E-state index contributed by atoms with van der Waals surface area (Å²) in [7, 11) is 0. The summed E-state index contributed by atoms with van der Waals surface area (Å²) in [6.45, 7) is 7.86. The monoisotopic (exact) mass is 322 g/mol. The summed E-state index contributed by atoms with van der Waals surface area (Å²) in [6, 6.07) is 15.6. The molecule has 0 saturated carbocycles. The van der Waals surface area contributed by atoms with E-state index < -0.39 is 6.16 Å². The van der Waals surface area contributed by atoms with Crippen molar-refractivity contribution in [2.75, 3.05) is 0 Å². The minimum absolute atomic E-state index is 0.192. The second-order valence-corrected chi connectivity index (χ2v) is 5.35. The number of allylic oxidation sites excluding steroid dienone is 2. The summed E-state index contributed by atoms with van der Waals surface area (Å²) in [5, 5.41) is 0. The molecule has 0 bridgehead atoms. The lowest BCUT2D eigenvalue weighted by Crippen LogP contribution is -2.09. The van der Waals surface area contributed by atoms with Crippen LogP contribution < -0.4 is 0 Å². The molecule has 0 saturated heterocycles. The minimum Gasteiger partial charge on any atom is -0.429 e. The first-order chi connectivity index (χ1) is 11.7. The van der Waals surface area contributed by atoms with E-state index in [9.17, 15) is 4.79 Å². The number of hydrogen-bond acceptors (Lipinski definition) is 3. The van der Waals surface area contributed by atoms with Crippen molar-refractivity contribution in [2.24, 2.45) is 0 Å². The Balaban J connectivity index is 1.88. The maximum atomic E-state index is 11.8. The van der Waals surface area contributed by atoms with E-state index in [4.69, 9.17) is 9.47 Å². The highest BCUT2D eigenvalue weighted by atomic mass is 16.7. The zero-order valence-electron chi connectivity index (χ0n) is 13.7. The molecule has 0 fully saturated rings. The molecule has 0 spiro atoms. The Kier molecular flexibility index (Phi) is 6.84. The summed E-state index contributed by atoms with van der Waals surface area (Å²) in [4.78, 5) is 11.8. The SMILES string of the molecule is C=CCc1ccccc1COC(=O)OCc1ccccc1CC=C. The first kappa shape index (κ1) is 17.5. The van der Waals surface area contributed by atoms with Crippen molar-refractivity contribution in [3.05, 3.63) is 96.1 Å². The van der Waals surface area contributed by atoms with Crippen LogP contribution in [0, 0.1) is 0 Å². The molecule has 0 aromatic heterocycles. The van der Waals surface area contributed by atoms with Crippen molar-refractivity contribution in [3.8, 4) is 0 Å². The largest absolute Gasteiger partial charge is 0.508 e. The highest BCUT2D eigenvalue weighted by molar-refractivity contribution is 5.60. The fourth-order valence-corrected chi connectivity index (χ4v) is 2.42. The van der Waals surface area contributed by atoms with Crippen LogP contribution in [0.1, 0.15) is 22.3 Å². The number of hydrogen-bond donors (Lipinski definition) is 0. The summed E-state index contributed by atoms with van der Waals surface area (Å²) in [5.41, 5.74) is 4.11. The van der Waals surface area contributed by atoms with Gasteiger partial charge in [0.25, 0.3) is 0 Å². The Bertz CT molecular complexity index is 644. The first-order valence-corrected chi connectivity index (χ1v) is 7.89. The lowest BCUT2D eigenvalue weighted by Gasteiger charge is -2.11. The third-order valence-electron chi connectivity index (χ3n) is 3.66. The zero-order valence-corrected chi connectivity index (χ0v) is 13.7. The van der Waals surface area contributed by atoms with Gasteiger partial charge in [0, 0.05) is 0 Å². The molecule has 3 heteroatoms. The molecule has 0 amide bonds. The quantitative estimate of drug-likeness (QED) is 0.507. The van der Waals surface area contributed by atoms with Gasteiger partial charge in [-0.3, -0.25) is 0 Å². The number of carbonyl (C=O) groups excluding carboxylic acids is 1. The Hall–Kier alpha value is -2.81. The number of benzene rings is 2. The average molecular weight is 322 g/mol. The predicted molar refractivity (Wildman–Crippen MR) is 95.7 cm³/mol. The van der Waals surface area contributed by atoms with Crippen LogP contribution >= 0.6 is 0 Å². The normalized spacial score (nSPS) is 10.0. The molecule has 0 N–H and O–H groups in total. The van der Waals surface area contributed by atoms with E-state index in [0.717, 1.165) is 35.1 Å². The van der Waals surface area contributed by atoms with Gasteiger partial charge in [0.15, 0.2) is 0 Å². The highest BCUT2D eigenvalue weighted by Gasteiger charge is 2.09. The van der Waals surface area contributed by atoms with E-state index in [0.29, 0.717) is 0 Å². The van der Waals surface area contributed by atoms with Crippen molar-refractivity contribution in [3.63, 3.8) is 0 Å².